The van der Waals surface area contributed by atoms with Crippen molar-refractivity contribution >= 4 is 11.7 Å². The van der Waals surface area contributed by atoms with Crippen LogP contribution in [0, 0.1) is 0 Å². The highest BCUT2D eigenvalue weighted by molar-refractivity contribution is 5.76. The second-order valence-electron chi connectivity index (χ2n) is 5.04. The van der Waals surface area contributed by atoms with Crippen LogP contribution in [0.15, 0.2) is 48.9 Å². The minimum Gasteiger partial charge on any atom is -0.354 e. The van der Waals surface area contributed by atoms with Gasteiger partial charge in [0.25, 0.3) is 0 Å². The number of nitrogens with zero attached hydrogens (tertiary/aromatic N) is 3. The van der Waals surface area contributed by atoms with Crippen molar-refractivity contribution in [3.05, 3.63) is 48.9 Å². The zero-order chi connectivity index (χ0) is 13.8. The molecule has 0 saturated carbocycles. The topological polar surface area (TPSA) is 50.2 Å². The Labute approximate surface area is 118 Å². The third-order valence-electron chi connectivity index (χ3n) is 3.52. The maximum absolute atomic E-state index is 11.9. The van der Waals surface area contributed by atoms with Gasteiger partial charge in [0.15, 0.2) is 0 Å². The average molecular weight is 270 g/mol. The number of carbonyl (C=O) groups is 1. The minimum absolute atomic E-state index is 0.0640. The Morgan fingerprint density at radius 2 is 2.15 bits per heavy atom. The average Bonchev–Trinajstić information content (AvgIpc) is 3.11. The molecule has 1 amide bonds. The smallest absolute Gasteiger partial charge is 0.240 e. The fourth-order valence-corrected chi connectivity index (χ4v) is 2.54. The normalized spacial score (nSPS) is 18.2. The van der Waals surface area contributed by atoms with Gasteiger partial charge in [-0.05, 0) is 30.7 Å². The van der Waals surface area contributed by atoms with Gasteiger partial charge in [0.1, 0.15) is 12.4 Å². The summed E-state index contributed by atoms with van der Waals surface area (Å²) in [6.45, 7) is 2.15. The molecule has 5 nitrogen and oxygen atoms in total. The van der Waals surface area contributed by atoms with Crippen molar-refractivity contribution in [1.82, 2.24) is 14.9 Å². The molecule has 0 bridgehead atoms. The number of aromatic nitrogens is 2. The number of carbonyl (C=O) groups excluding carboxylic acids is 1. The van der Waals surface area contributed by atoms with Crippen LogP contribution >= 0.6 is 0 Å². The number of anilines is 1. The molecule has 1 unspecified atom stereocenters. The van der Waals surface area contributed by atoms with E-state index in [2.05, 4.69) is 15.2 Å². The third-order valence-corrected chi connectivity index (χ3v) is 3.52. The number of pyridine rings is 1. The van der Waals surface area contributed by atoms with Gasteiger partial charge in [-0.2, -0.15) is 0 Å². The van der Waals surface area contributed by atoms with Crippen LogP contribution in [0.5, 0.6) is 0 Å². The van der Waals surface area contributed by atoms with E-state index in [0.29, 0.717) is 6.54 Å². The first-order chi connectivity index (χ1) is 9.81. The fraction of sp³-hybridized carbons (Fsp3) is 0.333. The first-order valence-corrected chi connectivity index (χ1v) is 6.87. The third kappa shape index (κ3) is 2.99. The second kappa shape index (κ2) is 5.77. The summed E-state index contributed by atoms with van der Waals surface area (Å²) in [7, 11) is 0. The molecule has 1 aliphatic rings. The first-order valence-electron chi connectivity index (χ1n) is 6.87. The van der Waals surface area contributed by atoms with Crippen LogP contribution in [0.25, 0.3) is 0 Å². The van der Waals surface area contributed by atoms with Crippen molar-refractivity contribution < 1.29 is 4.79 Å². The summed E-state index contributed by atoms with van der Waals surface area (Å²) in [6, 6.07) is 9.96. The molecule has 3 rings (SSSR count). The summed E-state index contributed by atoms with van der Waals surface area (Å²) in [4.78, 5) is 18.5. The lowest BCUT2D eigenvalue weighted by molar-refractivity contribution is -0.122. The molecule has 20 heavy (non-hydrogen) atoms. The Balaban J connectivity index is 1.52. The van der Waals surface area contributed by atoms with Gasteiger partial charge in [0.2, 0.25) is 5.91 Å². The van der Waals surface area contributed by atoms with E-state index in [1.165, 1.54) is 0 Å². The monoisotopic (exact) mass is 270 g/mol. The number of hydrogen-bond donors (Lipinski definition) is 1. The maximum Gasteiger partial charge on any atom is 0.240 e. The molecule has 2 aromatic rings. The van der Waals surface area contributed by atoms with Gasteiger partial charge in [0.05, 0.1) is 0 Å². The van der Waals surface area contributed by atoms with E-state index in [9.17, 15) is 4.79 Å². The van der Waals surface area contributed by atoms with E-state index < -0.39 is 0 Å². The van der Waals surface area contributed by atoms with Crippen molar-refractivity contribution in [2.45, 2.75) is 19.0 Å². The lowest BCUT2D eigenvalue weighted by atomic mass is 10.2. The highest BCUT2D eigenvalue weighted by atomic mass is 16.2. The molecule has 1 saturated heterocycles. The van der Waals surface area contributed by atoms with Crippen LogP contribution in [-0.2, 0) is 11.3 Å². The summed E-state index contributed by atoms with van der Waals surface area (Å²) in [5, 5.41) is 3.09. The van der Waals surface area contributed by atoms with Gasteiger partial charge in [0, 0.05) is 37.7 Å². The van der Waals surface area contributed by atoms with Gasteiger partial charge >= 0.3 is 0 Å². The molecular weight excluding hydrogens is 252 g/mol. The van der Waals surface area contributed by atoms with Crippen LogP contribution in [0.2, 0.25) is 0 Å². The molecule has 3 heterocycles. The van der Waals surface area contributed by atoms with Crippen LogP contribution < -0.4 is 10.2 Å². The molecule has 5 heteroatoms. The molecule has 1 atom stereocenters. The maximum atomic E-state index is 11.9. The quantitative estimate of drug-likeness (QED) is 0.910. The molecule has 2 aromatic heterocycles. The summed E-state index contributed by atoms with van der Waals surface area (Å²) < 4.78 is 1.88. The molecule has 0 aromatic carbocycles. The molecule has 0 radical (unpaired) electrons. The van der Waals surface area contributed by atoms with Crippen molar-refractivity contribution in [1.29, 1.82) is 0 Å². The predicted molar refractivity (Wildman–Crippen MR) is 77.4 cm³/mol. The molecular formula is C15H18N4O. The Morgan fingerprint density at radius 3 is 2.90 bits per heavy atom. The largest absolute Gasteiger partial charge is 0.354 e. The molecule has 0 spiro atoms. The van der Waals surface area contributed by atoms with Crippen molar-refractivity contribution in [3.63, 3.8) is 0 Å². The van der Waals surface area contributed by atoms with Crippen LogP contribution in [-0.4, -0.2) is 34.6 Å². The lowest BCUT2D eigenvalue weighted by Gasteiger charge is -2.17. The highest BCUT2D eigenvalue weighted by Crippen LogP contribution is 2.17. The van der Waals surface area contributed by atoms with Gasteiger partial charge in [-0.1, -0.05) is 6.07 Å². The molecule has 1 N–H and O–H groups in total. The van der Waals surface area contributed by atoms with Crippen molar-refractivity contribution in [2.24, 2.45) is 0 Å². The molecule has 0 aliphatic carbocycles. The van der Waals surface area contributed by atoms with Gasteiger partial charge in [-0.15, -0.1) is 0 Å². The minimum atomic E-state index is 0.0640. The standard InChI is InChI=1S/C15H18N4O/c20-15(12-18-8-3-4-9-18)17-13-6-10-19(11-13)14-5-1-2-7-16-14/h1-5,7-9,13H,6,10-12H2,(H,17,20). The molecule has 104 valence electrons. The predicted octanol–water partition coefficient (Wildman–Crippen LogP) is 1.28. The fourth-order valence-electron chi connectivity index (χ4n) is 2.54. The zero-order valence-corrected chi connectivity index (χ0v) is 11.3. The van der Waals surface area contributed by atoms with Gasteiger partial charge in [-0.3, -0.25) is 4.79 Å². The molecule has 1 fully saturated rings. The van der Waals surface area contributed by atoms with Crippen molar-refractivity contribution in [3.8, 4) is 0 Å². The van der Waals surface area contributed by atoms with E-state index in [1.807, 2.05) is 47.3 Å². The lowest BCUT2D eigenvalue weighted by Crippen LogP contribution is -2.38. The van der Waals surface area contributed by atoms with E-state index in [-0.39, 0.29) is 11.9 Å². The van der Waals surface area contributed by atoms with Crippen LogP contribution in [0.1, 0.15) is 6.42 Å². The Hall–Kier alpha value is -2.30. The SMILES string of the molecule is O=C(Cn1cccc1)NC1CCN(c2ccccn2)C1. The number of rotatable bonds is 4. The van der Waals surface area contributed by atoms with Crippen LogP contribution in [0.4, 0.5) is 5.82 Å². The number of amides is 1. The zero-order valence-electron chi connectivity index (χ0n) is 11.3. The summed E-state index contributed by atoms with van der Waals surface area (Å²) >= 11 is 0. The van der Waals surface area contributed by atoms with E-state index in [0.717, 1.165) is 25.3 Å². The van der Waals surface area contributed by atoms with E-state index in [1.54, 1.807) is 6.20 Å². The number of nitrogens with one attached hydrogen (secondary N) is 1. The Bertz CT molecular complexity index is 553. The van der Waals surface area contributed by atoms with Crippen molar-refractivity contribution in [2.75, 3.05) is 18.0 Å². The summed E-state index contributed by atoms with van der Waals surface area (Å²) in [5.74, 6) is 1.05. The molecule has 1 aliphatic heterocycles. The highest BCUT2D eigenvalue weighted by Gasteiger charge is 2.24. The van der Waals surface area contributed by atoms with E-state index in [4.69, 9.17) is 0 Å². The second-order valence-corrected chi connectivity index (χ2v) is 5.04. The summed E-state index contributed by atoms with van der Waals surface area (Å²) in [5.41, 5.74) is 0. The van der Waals surface area contributed by atoms with Gasteiger partial charge in [-0.25, -0.2) is 4.98 Å². The van der Waals surface area contributed by atoms with Crippen LogP contribution in [0.3, 0.4) is 0 Å². The number of hydrogen-bond acceptors (Lipinski definition) is 3. The Kier molecular flexibility index (Phi) is 3.67. The first kappa shape index (κ1) is 12.7. The summed E-state index contributed by atoms with van der Waals surface area (Å²) in [6.07, 6.45) is 6.56. The Morgan fingerprint density at radius 1 is 1.30 bits per heavy atom. The van der Waals surface area contributed by atoms with Gasteiger partial charge < -0.3 is 14.8 Å². The van der Waals surface area contributed by atoms with E-state index >= 15 is 0 Å².